The third kappa shape index (κ3) is 4.00. The molecule has 2 heterocycles. The first-order valence-electron chi connectivity index (χ1n) is 8.33. The van der Waals surface area contributed by atoms with E-state index in [0.717, 1.165) is 16.8 Å². The zero-order valence-corrected chi connectivity index (χ0v) is 17.0. The van der Waals surface area contributed by atoms with Gasteiger partial charge in [0, 0.05) is 16.0 Å². The Kier molecular flexibility index (Phi) is 5.32. The van der Waals surface area contributed by atoms with Crippen molar-refractivity contribution < 1.29 is 4.79 Å². The lowest BCUT2D eigenvalue weighted by Gasteiger charge is -2.03. The van der Waals surface area contributed by atoms with Crippen LogP contribution in [0.2, 0.25) is 10.0 Å². The van der Waals surface area contributed by atoms with E-state index < -0.39 is 5.91 Å². The molecule has 0 radical (unpaired) electrons. The predicted molar refractivity (Wildman–Crippen MR) is 115 cm³/mol. The molecule has 2 aromatic heterocycles. The van der Waals surface area contributed by atoms with Crippen molar-refractivity contribution in [3.8, 4) is 17.3 Å². The summed E-state index contributed by atoms with van der Waals surface area (Å²) in [5.41, 5.74) is 2.17. The van der Waals surface area contributed by atoms with Crippen molar-refractivity contribution in [2.45, 2.75) is 0 Å². The number of nitrogens with zero attached hydrogens (tertiary/aromatic N) is 4. The minimum absolute atomic E-state index is 0.0460. The van der Waals surface area contributed by atoms with E-state index in [1.165, 1.54) is 17.4 Å². The summed E-state index contributed by atoms with van der Waals surface area (Å²) < 4.78 is 1.59. The minimum Gasteiger partial charge on any atom is -0.288 e. The molecule has 0 spiro atoms. The number of fused-ring (bicyclic) bond motifs is 1. The molecule has 0 saturated carbocycles. The fraction of sp³-hybridized carbons (Fsp3) is 0. The number of carbonyl (C=O) groups excluding carboxylic acids is 1. The molecule has 29 heavy (non-hydrogen) atoms. The van der Waals surface area contributed by atoms with E-state index in [1.54, 1.807) is 34.8 Å². The Labute approximate surface area is 179 Å². The number of anilines is 1. The highest BCUT2D eigenvalue weighted by Crippen LogP contribution is 2.33. The number of hydrogen-bond acceptors (Lipinski definition) is 5. The van der Waals surface area contributed by atoms with Gasteiger partial charge in [0.05, 0.1) is 10.7 Å². The summed E-state index contributed by atoms with van der Waals surface area (Å²) in [7, 11) is 0. The van der Waals surface area contributed by atoms with Gasteiger partial charge in [0.1, 0.15) is 11.6 Å². The predicted octanol–water partition coefficient (Wildman–Crippen LogP) is 5.31. The molecule has 0 atom stereocenters. The van der Waals surface area contributed by atoms with Crippen molar-refractivity contribution in [2.75, 3.05) is 5.32 Å². The average molecular weight is 440 g/mol. The fourth-order valence-corrected chi connectivity index (χ4v) is 3.98. The standard InChI is InChI=1S/C20H11Cl2N5OS/c21-14-6-7-15(16(22)9-14)17-11-29-20-25-19(26-27(17)20)24-18(28)13(10-23)8-12-4-2-1-3-5-12/h1-9,11H,(H,24,26,28)/b13-8+. The summed E-state index contributed by atoms with van der Waals surface area (Å²) in [5.74, 6) is -0.483. The van der Waals surface area contributed by atoms with Crippen LogP contribution in [0.3, 0.4) is 0 Å². The number of carbonyl (C=O) groups is 1. The summed E-state index contributed by atoms with van der Waals surface area (Å²) in [5, 5.41) is 19.1. The number of nitriles is 1. The molecule has 2 aromatic carbocycles. The molecule has 0 aliphatic carbocycles. The second-order valence-corrected chi connectivity index (χ2v) is 7.59. The molecular weight excluding hydrogens is 429 g/mol. The van der Waals surface area contributed by atoms with Gasteiger partial charge in [0.25, 0.3) is 11.9 Å². The van der Waals surface area contributed by atoms with Gasteiger partial charge in [-0.2, -0.15) is 10.2 Å². The van der Waals surface area contributed by atoms with Crippen LogP contribution >= 0.6 is 34.5 Å². The van der Waals surface area contributed by atoms with E-state index in [1.807, 2.05) is 29.6 Å². The van der Waals surface area contributed by atoms with Crippen molar-refractivity contribution in [3.63, 3.8) is 0 Å². The Morgan fingerprint density at radius 3 is 2.72 bits per heavy atom. The summed E-state index contributed by atoms with van der Waals surface area (Å²) in [6.45, 7) is 0. The van der Waals surface area contributed by atoms with Gasteiger partial charge >= 0.3 is 0 Å². The highest BCUT2D eigenvalue weighted by molar-refractivity contribution is 7.15. The Hall–Kier alpha value is -3.18. The molecule has 142 valence electrons. The molecule has 1 amide bonds. The second kappa shape index (κ2) is 8.05. The number of halogens is 2. The highest BCUT2D eigenvalue weighted by atomic mass is 35.5. The van der Waals surface area contributed by atoms with Crippen LogP contribution < -0.4 is 5.32 Å². The maximum absolute atomic E-state index is 12.5. The monoisotopic (exact) mass is 439 g/mol. The smallest absolute Gasteiger partial charge is 0.268 e. The van der Waals surface area contributed by atoms with E-state index in [2.05, 4.69) is 15.4 Å². The molecule has 9 heteroatoms. The second-order valence-electron chi connectivity index (χ2n) is 5.91. The Bertz CT molecular complexity index is 1290. The van der Waals surface area contributed by atoms with Crippen LogP contribution in [-0.2, 0) is 4.79 Å². The SMILES string of the molecule is N#C/C(=C\c1ccccc1)C(=O)Nc1nc2scc(-c3ccc(Cl)cc3Cl)n2n1. The van der Waals surface area contributed by atoms with E-state index >= 15 is 0 Å². The van der Waals surface area contributed by atoms with Gasteiger partial charge in [0.15, 0.2) is 0 Å². The molecule has 0 saturated heterocycles. The van der Waals surface area contributed by atoms with E-state index in [0.29, 0.717) is 15.0 Å². The zero-order chi connectivity index (χ0) is 20.4. The lowest BCUT2D eigenvalue weighted by Crippen LogP contribution is -2.14. The molecule has 0 bridgehead atoms. The number of hydrogen-bond donors (Lipinski definition) is 1. The molecule has 0 aliphatic rings. The first-order chi connectivity index (χ1) is 14.0. The van der Waals surface area contributed by atoms with Gasteiger partial charge in [-0.25, -0.2) is 4.52 Å². The number of rotatable bonds is 4. The summed E-state index contributed by atoms with van der Waals surface area (Å²) in [6.07, 6.45) is 1.51. The normalized spacial score (nSPS) is 11.4. The quantitative estimate of drug-likeness (QED) is 0.344. The zero-order valence-electron chi connectivity index (χ0n) is 14.6. The van der Waals surface area contributed by atoms with Crippen molar-refractivity contribution in [1.29, 1.82) is 5.26 Å². The third-order valence-corrected chi connectivity index (χ3v) is 5.35. The summed E-state index contributed by atoms with van der Waals surface area (Å²) in [4.78, 5) is 17.3. The largest absolute Gasteiger partial charge is 0.288 e. The topological polar surface area (TPSA) is 83.1 Å². The van der Waals surface area contributed by atoms with Gasteiger partial charge in [-0.15, -0.1) is 16.4 Å². The summed E-state index contributed by atoms with van der Waals surface area (Å²) >= 11 is 13.6. The van der Waals surface area contributed by atoms with Gasteiger partial charge in [-0.05, 0) is 29.8 Å². The molecule has 0 unspecified atom stereocenters. The van der Waals surface area contributed by atoms with Crippen LogP contribution in [0.4, 0.5) is 5.95 Å². The molecule has 1 N–H and O–H groups in total. The maximum atomic E-state index is 12.5. The van der Waals surface area contributed by atoms with E-state index in [-0.39, 0.29) is 11.5 Å². The van der Waals surface area contributed by atoms with Gasteiger partial charge < -0.3 is 0 Å². The average Bonchev–Trinajstić information content (AvgIpc) is 3.27. The first-order valence-corrected chi connectivity index (χ1v) is 9.96. The van der Waals surface area contributed by atoms with Crippen molar-refractivity contribution >= 4 is 57.4 Å². The number of benzene rings is 2. The third-order valence-electron chi connectivity index (χ3n) is 3.99. The van der Waals surface area contributed by atoms with E-state index in [4.69, 9.17) is 23.2 Å². The lowest BCUT2D eigenvalue weighted by molar-refractivity contribution is -0.112. The van der Waals surface area contributed by atoms with Crippen LogP contribution in [0.1, 0.15) is 5.56 Å². The maximum Gasteiger partial charge on any atom is 0.268 e. The van der Waals surface area contributed by atoms with Crippen molar-refractivity contribution in [1.82, 2.24) is 14.6 Å². The minimum atomic E-state index is -0.583. The molecule has 0 fully saturated rings. The van der Waals surface area contributed by atoms with Crippen LogP contribution in [0.15, 0.2) is 59.5 Å². The first kappa shape index (κ1) is 19.2. The number of thiazole rings is 1. The molecule has 4 rings (SSSR count). The molecular formula is C20H11Cl2N5OS. The number of aromatic nitrogens is 3. The Morgan fingerprint density at radius 1 is 1.21 bits per heavy atom. The Morgan fingerprint density at radius 2 is 2.00 bits per heavy atom. The van der Waals surface area contributed by atoms with Gasteiger partial charge in [0.2, 0.25) is 4.96 Å². The van der Waals surface area contributed by atoms with Gasteiger partial charge in [-0.3, -0.25) is 10.1 Å². The van der Waals surface area contributed by atoms with E-state index in [9.17, 15) is 10.1 Å². The van der Waals surface area contributed by atoms with Crippen LogP contribution in [0, 0.1) is 11.3 Å². The number of nitrogens with one attached hydrogen (secondary N) is 1. The van der Waals surface area contributed by atoms with Gasteiger partial charge in [-0.1, -0.05) is 53.5 Å². The lowest BCUT2D eigenvalue weighted by atomic mass is 10.1. The highest BCUT2D eigenvalue weighted by Gasteiger charge is 2.17. The van der Waals surface area contributed by atoms with Crippen LogP contribution in [-0.4, -0.2) is 20.5 Å². The summed E-state index contributed by atoms with van der Waals surface area (Å²) in [6, 6.07) is 16.2. The number of amides is 1. The van der Waals surface area contributed by atoms with Crippen molar-refractivity contribution in [2.24, 2.45) is 0 Å². The van der Waals surface area contributed by atoms with Crippen LogP contribution in [0.25, 0.3) is 22.3 Å². The molecule has 6 nitrogen and oxygen atoms in total. The fourth-order valence-electron chi connectivity index (χ4n) is 2.65. The Balaban J connectivity index is 1.62. The molecule has 0 aliphatic heterocycles. The van der Waals surface area contributed by atoms with Crippen LogP contribution in [0.5, 0.6) is 0 Å². The molecule has 4 aromatic rings. The van der Waals surface area contributed by atoms with Crippen molar-refractivity contribution in [3.05, 3.63) is 75.1 Å².